The van der Waals surface area contributed by atoms with Crippen LogP contribution >= 0.6 is 0 Å². The van der Waals surface area contributed by atoms with E-state index in [0.717, 1.165) is 25.2 Å². The van der Waals surface area contributed by atoms with E-state index < -0.39 is 6.67 Å². The summed E-state index contributed by atoms with van der Waals surface area (Å²) in [6.07, 6.45) is 12.0. The van der Waals surface area contributed by atoms with Gasteiger partial charge < -0.3 is 0 Å². The first-order chi connectivity index (χ1) is 10.5. The molecule has 2 heteroatoms. The van der Waals surface area contributed by atoms with Crippen LogP contribution in [0.1, 0.15) is 65.2 Å². The average Bonchev–Trinajstić information content (AvgIpc) is 2.78. The molecule has 3 saturated carbocycles. The Morgan fingerprint density at radius 1 is 1.18 bits per heavy atom. The lowest BCUT2D eigenvalue weighted by Crippen LogP contribution is -2.49. The maximum atomic E-state index is 13.3. The highest BCUT2D eigenvalue weighted by Crippen LogP contribution is 2.64. The largest absolute Gasteiger partial charge is 0.299 e. The van der Waals surface area contributed by atoms with Crippen LogP contribution in [0.25, 0.3) is 0 Å². The Balaban J connectivity index is 1.69. The quantitative estimate of drug-likeness (QED) is 0.616. The number of rotatable bonds is 1. The van der Waals surface area contributed by atoms with Crippen LogP contribution in [0.5, 0.6) is 0 Å². The van der Waals surface area contributed by atoms with Crippen molar-refractivity contribution in [1.82, 2.24) is 0 Å². The van der Waals surface area contributed by atoms with Gasteiger partial charge in [0.15, 0.2) is 0 Å². The van der Waals surface area contributed by atoms with E-state index in [-0.39, 0.29) is 17.1 Å². The minimum Gasteiger partial charge on any atom is -0.299 e. The molecule has 0 saturated heterocycles. The number of halogens is 1. The fourth-order valence-corrected chi connectivity index (χ4v) is 6.77. The van der Waals surface area contributed by atoms with Gasteiger partial charge in [-0.05, 0) is 68.1 Å². The molecule has 6 atom stereocenters. The normalized spacial score (nSPS) is 50.9. The van der Waals surface area contributed by atoms with Gasteiger partial charge in [0.1, 0.15) is 5.78 Å². The van der Waals surface area contributed by atoms with E-state index >= 15 is 0 Å². The third kappa shape index (κ3) is 1.79. The van der Waals surface area contributed by atoms with Crippen LogP contribution < -0.4 is 0 Å². The Labute approximate surface area is 133 Å². The zero-order valence-electron chi connectivity index (χ0n) is 14.0. The number of Topliss-reactive ketones (excluding diaryl/α,β-unsaturated/α-hetero) is 1. The number of ketones is 1. The van der Waals surface area contributed by atoms with Crippen molar-refractivity contribution in [2.75, 3.05) is 6.67 Å². The van der Waals surface area contributed by atoms with E-state index in [1.54, 1.807) is 5.57 Å². The summed E-state index contributed by atoms with van der Waals surface area (Å²) in [6, 6.07) is 0. The van der Waals surface area contributed by atoms with E-state index in [4.69, 9.17) is 0 Å². The van der Waals surface area contributed by atoms with Crippen molar-refractivity contribution in [2.45, 2.75) is 65.2 Å². The van der Waals surface area contributed by atoms with Crippen LogP contribution in [0, 0.1) is 34.5 Å². The molecule has 0 heterocycles. The lowest BCUT2D eigenvalue weighted by molar-refractivity contribution is -0.134. The van der Waals surface area contributed by atoms with E-state index in [1.165, 1.54) is 32.1 Å². The van der Waals surface area contributed by atoms with Crippen LogP contribution in [0.15, 0.2) is 11.6 Å². The molecular formula is C20H29FO. The van der Waals surface area contributed by atoms with Crippen LogP contribution in [0.3, 0.4) is 0 Å². The third-order valence-corrected chi connectivity index (χ3v) is 8.07. The van der Waals surface area contributed by atoms with Gasteiger partial charge in [-0.1, -0.05) is 31.9 Å². The first-order valence-corrected chi connectivity index (χ1v) is 9.30. The summed E-state index contributed by atoms with van der Waals surface area (Å²) in [7, 11) is 0. The van der Waals surface area contributed by atoms with Crippen LogP contribution in [0.2, 0.25) is 0 Å². The predicted molar refractivity (Wildman–Crippen MR) is 86.2 cm³/mol. The fraction of sp³-hybridized carbons (Fsp3) is 0.850. The predicted octanol–water partition coefficient (Wildman–Crippen LogP) is 5.10. The maximum Gasteiger partial charge on any atom is 0.144 e. The maximum absolute atomic E-state index is 13.3. The Morgan fingerprint density at radius 2 is 2.00 bits per heavy atom. The fourth-order valence-electron chi connectivity index (χ4n) is 6.77. The van der Waals surface area contributed by atoms with E-state index in [0.29, 0.717) is 17.3 Å². The molecule has 0 aliphatic heterocycles. The standard InChI is InChI=1S/C20H29FO/c1-19-9-4-3-5-14(19)6-7-15-16(19)8-10-20(2)17(15)11-13(12-21)18(20)22/h6,13,15-17H,3-5,7-12H2,1-2H3/t13-,15+,16-,17-,19-,20-/m0/s1. The second-order valence-corrected chi connectivity index (χ2v) is 8.87. The monoisotopic (exact) mass is 304 g/mol. The minimum absolute atomic E-state index is 0.228. The van der Waals surface area contributed by atoms with Crippen molar-refractivity contribution in [3.8, 4) is 0 Å². The van der Waals surface area contributed by atoms with Crippen molar-refractivity contribution < 1.29 is 9.18 Å². The van der Waals surface area contributed by atoms with Gasteiger partial charge in [-0.25, -0.2) is 0 Å². The summed E-state index contributed by atoms with van der Waals surface area (Å²) in [5.41, 5.74) is 1.85. The lowest BCUT2D eigenvalue weighted by atomic mass is 9.48. The summed E-state index contributed by atoms with van der Waals surface area (Å²) >= 11 is 0. The summed E-state index contributed by atoms with van der Waals surface area (Å²) in [5.74, 6) is 1.71. The average molecular weight is 304 g/mol. The summed E-state index contributed by atoms with van der Waals surface area (Å²) < 4.78 is 13.3. The molecule has 1 nitrogen and oxygen atoms in total. The topological polar surface area (TPSA) is 17.1 Å². The zero-order valence-corrected chi connectivity index (χ0v) is 14.0. The number of alkyl halides is 1. The molecule has 0 aromatic rings. The molecule has 0 bridgehead atoms. The van der Waals surface area contributed by atoms with Crippen LogP contribution in [-0.2, 0) is 4.79 Å². The molecule has 4 rings (SSSR count). The molecule has 122 valence electrons. The van der Waals surface area contributed by atoms with Crippen molar-refractivity contribution in [1.29, 1.82) is 0 Å². The summed E-state index contributed by atoms with van der Waals surface area (Å²) in [6.45, 7) is 4.19. The Hall–Kier alpha value is -0.660. The smallest absolute Gasteiger partial charge is 0.144 e. The highest BCUT2D eigenvalue weighted by atomic mass is 19.1. The first kappa shape index (κ1) is 14.9. The number of carbonyl (C=O) groups excluding carboxylic acids is 1. The van der Waals surface area contributed by atoms with Crippen LogP contribution in [-0.4, -0.2) is 12.5 Å². The van der Waals surface area contributed by atoms with E-state index in [1.807, 2.05) is 0 Å². The number of hydrogen-bond acceptors (Lipinski definition) is 1. The molecule has 0 spiro atoms. The highest BCUT2D eigenvalue weighted by molar-refractivity contribution is 5.89. The van der Waals surface area contributed by atoms with Gasteiger partial charge in [0.25, 0.3) is 0 Å². The molecule has 0 aromatic heterocycles. The molecule has 22 heavy (non-hydrogen) atoms. The van der Waals surface area contributed by atoms with Crippen molar-refractivity contribution >= 4 is 5.78 Å². The van der Waals surface area contributed by atoms with Gasteiger partial charge in [-0.15, -0.1) is 0 Å². The molecule has 0 N–H and O–H groups in total. The SMILES string of the molecule is C[C@]12CCCCC1=CC[C@@H]1[C@@H]2CC[C@]2(C)C(=O)[C@H](CF)C[C@@H]12. The Morgan fingerprint density at radius 3 is 2.77 bits per heavy atom. The molecular weight excluding hydrogens is 275 g/mol. The summed E-state index contributed by atoms with van der Waals surface area (Å²) in [4.78, 5) is 12.7. The summed E-state index contributed by atoms with van der Waals surface area (Å²) in [5, 5.41) is 0. The molecule has 3 fully saturated rings. The van der Waals surface area contributed by atoms with Crippen LogP contribution in [0.4, 0.5) is 4.39 Å². The third-order valence-electron chi connectivity index (χ3n) is 8.07. The molecule has 0 aromatic carbocycles. The van der Waals surface area contributed by atoms with Gasteiger partial charge in [0.05, 0.1) is 6.67 Å². The number of carbonyl (C=O) groups is 1. The number of hydrogen-bond donors (Lipinski definition) is 0. The lowest BCUT2D eigenvalue weighted by Gasteiger charge is -2.56. The van der Waals surface area contributed by atoms with E-state index in [2.05, 4.69) is 19.9 Å². The second kappa shape index (κ2) is 4.92. The van der Waals surface area contributed by atoms with Crippen molar-refractivity contribution in [2.24, 2.45) is 34.5 Å². The molecule has 4 aliphatic rings. The molecule has 4 aliphatic carbocycles. The molecule has 0 radical (unpaired) electrons. The number of allylic oxidation sites excluding steroid dienone is 2. The van der Waals surface area contributed by atoms with E-state index in [9.17, 15) is 9.18 Å². The van der Waals surface area contributed by atoms with Gasteiger partial charge >= 0.3 is 0 Å². The molecule has 0 amide bonds. The van der Waals surface area contributed by atoms with Crippen molar-refractivity contribution in [3.63, 3.8) is 0 Å². The van der Waals surface area contributed by atoms with Gasteiger partial charge in [-0.3, -0.25) is 9.18 Å². The van der Waals surface area contributed by atoms with Gasteiger partial charge in [-0.2, -0.15) is 0 Å². The Kier molecular flexibility index (Phi) is 3.33. The first-order valence-electron chi connectivity index (χ1n) is 9.30. The number of fused-ring (bicyclic) bond motifs is 5. The van der Waals surface area contributed by atoms with Gasteiger partial charge in [0, 0.05) is 11.3 Å². The Bertz CT molecular complexity index is 524. The van der Waals surface area contributed by atoms with Gasteiger partial charge in [0.2, 0.25) is 0 Å². The highest BCUT2D eigenvalue weighted by Gasteiger charge is 2.60. The second-order valence-electron chi connectivity index (χ2n) is 8.87. The molecule has 0 unspecified atom stereocenters. The zero-order chi connectivity index (χ0) is 15.5. The minimum atomic E-state index is -0.444. The van der Waals surface area contributed by atoms with Crippen molar-refractivity contribution in [3.05, 3.63) is 11.6 Å².